The van der Waals surface area contributed by atoms with Crippen LogP contribution < -0.4 is 5.32 Å². The molecule has 0 spiro atoms. The Morgan fingerprint density at radius 1 is 1.11 bits per heavy atom. The molecule has 1 aromatic carbocycles. The van der Waals surface area contributed by atoms with Gasteiger partial charge < -0.3 is 14.5 Å². The van der Waals surface area contributed by atoms with Crippen LogP contribution in [-0.4, -0.2) is 52.1 Å². The molecule has 1 saturated heterocycles. The topological polar surface area (TPSA) is 99.4 Å². The Kier molecular flexibility index (Phi) is 6.11. The maximum atomic E-state index is 14.9. The summed E-state index contributed by atoms with van der Waals surface area (Å²) in [6.07, 6.45) is -7.88. The molecule has 8 nitrogen and oxygen atoms in total. The number of fused-ring (bicyclic) bond motifs is 1. The quantitative estimate of drug-likeness (QED) is 0.501. The molecule has 0 radical (unpaired) electrons. The summed E-state index contributed by atoms with van der Waals surface area (Å²) >= 11 is 0. The number of pyridine rings is 1. The second-order valence-electron chi connectivity index (χ2n) is 8.68. The molecule has 1 N–H and O–H groups in total. The van der Waals surface area contributed by atoms with Gasteiger partial charge in [-0.1, -0.05) is 6.07 Å². The van der Waals surface area contributed by atoms with Crippen LogP contribution in [0.25, 0.3) is 10.9 Å². The lowest BCUT2D eigenvalue weighted by Gasteiger charge is -2.35. The number of ether oxygens (including phenoxy) is 2. The number of carbonyl (C=O) groups is 1. The van der Waals surface area contributed by atoms with Crippen molar-refractivity contribution in [3.8, 4) is 0 Å². The first-order valence-electron chi connectivity index (χ1n) is 10.9. The zero-order valence-corrected chi connectivity index (χ0v) is 18.3. The van der Waals surface area contributed by atoms with Crippen molar-refractivity contribution in [2.24, 2.45) is 0 Å². The van der Waals surface area contributed by atoms with Gasteiger partial charge in [-0.05, 0) is 37.1 Å². The average molecular weight is 516 g/mol. The number of halogens is 6. The molecule has 14 heteroatoms. The lowest BCUT2D eigenvalue weighted by atomic mass is 9.82. The molecular formula is C22H18F6N4O4. The van der Waals surface area contributed by atoms with E-state index in [4.69, 9.17) is 9.15 Å². The number of nitrogens with one attached hydrogen (secondary N) is 1. The van der Waals surface area contributed by atoms with Gasteiger partial charge in [0, 0.05) is 17.7 Å². The van der Waals surface area contributed by atoms with Gasteiger partial charge in [0.2, 0.25) is 11.8 Å². The van der Waals surface area contributed by atoms with Gasteiger partial charge in [0.25, 0.3) is 11.8 Å². The largest absolute Gasteiger partial charge is 0.522 e. The third kappa shape index (κ3) is 5.14. The first-order valence-corrected chi connectivity index (χ1v) is 10.9. The second kappa shape index (κ2) is 9.00. The monoisotopic (exact) mass is 516 g/mol. The zero-order valence-electron chi connectivity index (χ0n) is 18.3. The number of hydrogen-bond donors (Lipinski definition) is 1. The maximum Gasteiger partial charge on any atom is 0.522 e. The van der Waals surface area contributed by atoms with Crippen LogP contribution in [0, 0.1) is 5.82 Å². The summed E-state index contributed by atoms with van der Waals surface area (Å²) in [6, 6.07) is 4.86. The molecule has 1 amide bonds. The SMILES string of the molecule is O=C(N[C@H]1CO[C@H](c2nnc([C@H]3C[C@@H](OC(F)(F)F)C3)o2)CC1(F)F)c1ccc2cc(F)ccc2n1. The van der Waals surface area contributed by atoms with E-state index >= 15 is 0 Å². The molecule has 2 fully saturated rings. The number of rotatable bonds is 5. The molecule has 0 unspecified atom stereocenters. The number of carbonyl (C=O) groups excluding carboxylic acids is 1. The van der Waals surface area contributed by atoms with Crippen LogP contribution in [0.4, 0.5) is 26.3 Å². The van der Waals surface area contributed by atoms with Crippen LogP contribution in [0.1, 0.15) is 53.6 Å². The standard InChI is InChI=1S/C22H18F6N4O4/c23-12-2-4-14-10(5-12)1-3-15(29-14)18(33)30-17-9-34-16(8-21(17,24)25)20-32-31-19(35-20)11-6-13(7-11)36-22(26,27)28/h1-5,11,13,16-17H,6-9H2,(H,30,33)/t11-,13+,16-,17-/m0/s1. The molecule has 1 aliphatic carbocycles. The summed E-state index contributed by atoms with van der Waals surface area (Å²) in [5.41, 5.74) is 0.201. The van der Waals surface area contributed by atoms with Crippen LogP contribution in [0.2, 0.25) is 0 Å². The van der Waals surface area contributed by atoms with Crippen molar-refractivity contribution in [2.75, 3.05) is 6.61 Å². The van der Waals surface area contributed by atoms with Gasteiger partial charge in [-0.15, -0.1) is 23.4 Å². The lowest BCUT2D eigenvalue weighted by molar-refractivity contribution is -0.352. The molecule has 3 aromatic rings. The molecule has 2 aromatic heterocycles. The first kappa shape index (κ1) is 24.4. The second-order valence-corrected chi connectivity index (χ2v) is 8.68. The fraction of sp³-hybridized carbons (Fsp3) is 0.455. The van der Waals surface area contributed by atoms with E-state index in [-0.39, 0.29) is 30.3 Å². The molecule has 1 saturated carbocycles. The average Bonchev–Trinajstić information content (AvgIpc) is 3.25. The molecule has 2 atom stereocenters. The minimum absolute atomic E-state index is 0.00861. The summed E-state index contributed by atoms with van der Waals surface area (Å²) in [4.78, 5) is 16.6. The van der Waals surface area contributed by atoms with Crippen molar-refractivity contribution in [2.45, 2.75) is 55.7 Å². The summed E-state index contributed by atoms with van der Waals surface area (Å²) in [7, 11) is 0. The molecule has 1 aliphatic heterocycles. The Morgan fingerprint density at radius 2 is 1.86 bits per heavy atom. The Bertz CT molecular complexity index is 1280. The number of benzene rings is 1. The molecule has 3 heterocycles. The smallest absolute Gasteiger partial charge is 0.422 e. The predicted molar refractivity (Wildman–Crippen MR) is 108 cm³/mol. The van der Waals surface area contributed by atoms with Gasteiger partial charge in [0.05, 0.1) is 18.2 Å². The first-order chi connectivity index (χ1) is 17.0. The molecule has 0 bridgehead atoms. The zero-order chi connectivity index (χ0) is 25.7. The third-order valence-electron chi connectivity index (χ3n) is 6.10. The van der Waals surface area contributed by atoms with Crippen molar-refractivity contribution in [3.05, 3.63) is 53.6 Å². The van der Waals surface area contributed by atoms with Crippen LogP contribution >= 0.6 is 0 Å². The van der Waals surface area contributed by atoms with Crippen LogP contribution in [0.3, 0.4) is 0 Å². The minimum atomic E-state index is -4.74. The van der Waals surface area contributed by atoms with Gasteiger partial charge in [-0.25, -0.2) is 18.2 Å². The number of alkyl halides is 5. The van der Waals surface area contributed by atoms with E-state index in [9.17, 15) is 31.1 Å². The summed E-state index contributed by atoms with van der Waals surface area (Å²) < 4.78 is 94.5. The van der Waals surface area contributed by atoms with Gasteiger partial charge in [-0.3, -0.25) is 9.53 Å². The van der Waals surface area contributed by atoms with Crippen LogP contribution in [0.5, 0.6) is 0 Å². The number of hydrogen-bond acceptors (Lipinski definition) is 7. The molecule has 2 aliphatic rings. The van der Waals surface area contributed by atoms with E-state index in [0.29, 0.717) is 10.9 Å². The molecule has 192 valence electrons. The van der Waals surface area contributed by atoms with Crippen molar-refractivity contribution in [1.29, 1.82) is 0 Å². The van der Waals surface area contributed by atoms with E-state index in [0.717, 1.165) is 0 Å². The van der Waals surface area contributed by atoms with Crippen molar-refractivity contribution < 1.29 is 45.0 Å². The fourth-order valence-electron chi connectivity index (χ4n) is 4.14. The van der Waals surface area contributed by atoms with Gasteiger partial charge in [0.1, 0.15) is 23.7 Å². The summed E-state index contributed by atoms with van der Waals surface area (Å²) in [5.74, 6) is -5.41. The van der Waals surface area contributed by atoms with Crippen molar-refractivity contribution in [1.82, 2.24) is 20.5 Å². The Balaban J connectivity index is 1.19. The van der Waals surface area contributed by atoms with E-state index in [1.54, 1.807) is 0 Å². The Labute approximate surface area is 199 Å². The highest BCUT2D eigenvalue weighted by atomic mass is 19.4. The number of amides is 1. The minimum Gasteiger partial charge on any atom is -0.422 e. The van der Waals surface area contributed by atoms with Crippen LogP contribution in [-0.2, 0) is 9.47 Å². The normalized spacial score (nSPS) is 25.9. The Hall–Kier alpha value is -3.26. The molecular weight excluding hydrogens is 498 g/mol. The van der Waals surface area contributed by atoms with Crippen molar-refractivity contribution in [3.63, 3.8) is 0 Å². The molecule has 5 rings (SSSR count). The molecule has 36 heavy (non-hydrogen) atoms. The van der Waals surface area contributed by atoms with Crippen LogP contribution in [0.15, 0.2) is 34.7 Å². The highest BCUT2D eigenvalue weighted by molar-refractivity contribution is 5.95. The van der Waals surface area contributed by atoms with E-state index in [1.807, 2.05) is 0 Å². The predicted octanol–water partition coefficient (Wildman–Crippen LogP) is 4.43. The van der Waals surface area contributed by atoms with E-state index in [1.165, 1.54) is 30.3 Å². The highest BCUT2D eigenvalue weighted by Crippen LogP contribution is 2.42. The highest BCUT2D eigenvalue weighted by Gasteiger charge is 2.49. The summed E-state index contributed by atoms with van der Waals surface area (Å²) in [5, 5.41) is 10.1. The third-order valence-corrected chi connectivity index (χ3v) is 6.10. The van der Waals surface area contributed by atoms with E-state index < -0.39 is 61.2 Å². The van der Waals surface area contributed by atoms with Gasteiger partial charge in [-0.2, -0.15) is 0 Å². The van der Waals surface area contributed by atoms with Gasteiger partial charge >= 0.3 is 6.36 Å². The summed E-state index contributed by atoms with van der Waals surface area (Å²) in [6.45, 7) is -0.565. The number of aromatic nitrogens is 3. The van der Waals surface area contributed by atoms with E-state index in [2.05, 4.69) is 25.2 Å². The number of nitrogens with zero attached hydrogens (tertiary/aromatic N) is 3. The van der Waals surface area contributed by atoms with Crippen molar-refractivity contribution >= 4 is 16.8 Å². The Morgan fingerprint density at radius 3 is 2.58 bits per heavy atom. The van der Waals surface area contributed by atoms with Gasteiger partial charge in [0.15, 0.2) is 0 Å². The maximum absolute atomic E-state index is 14.9. The lowest BCUT2D eigenvalue weighted by Crippen LogP contribution is -2.54. The fourth-order valence-corrected chi connectivity index (χ4v) is 4.14.